The summed E-state index contributed by atoms with van der Waals surface area (Å²) in [6.45, 7) is 2.25. The van der Waals surface area contributed by atoms with Crippen LogP contribution in [0.15, 0.2) is 24.3 Å². The minimum atomic E-state index is -0.703. The first-order chi connectivity index (χ1) is 9.06. The van der Waals surface area contributed by atoms with Gasteiger partial charge in [-0.1, -0.05) is 0 Å². The Morgan fingerprint density at radius 1 is 1.37 bits per heavy atom. The van der Waals surface area contributed by atoms with Crippen molar-refractivity contribution in [2.24, 2.45) is 0 Å². The van der Waals surface area contributed by atoms with Gasteiger partial charge in [0.05, 0.1) is 12.8 Å². The number of esters is 1. The first-order valence-electron chi connectivity index (χ1n) is 5.68. The van der Waals surface area contributed by atoms with Crippen molar-refractivity contribution in [3.63, 3.8) is 0 Å². The number of methoxy groups -OCH3 is 1. The Morgan fingerprint density at radius 2 is 2.11 bits per heavy atom. The van der Waals surface area contributed by atoms with Crippen LogP contribution >= 0.6 is 0 Å². The lowest BCUT2D eigenvalue weighted by molar-refractivity contribution is 0.0593. The summed E-state index contributed by atoms with van der Waals surface area (Å²) in [6.07, 6.45) is 0. The zero-order valence-electron chi connectivity index (χ0n) is 10.5. The molecule has 0 radical (unpaired) electrons. The quantitative estimate of drug-likeness (QED) is 0.802. The second-order valence-corrected chi connectivity index (χ2v) is 3.85. The average Bonchev–Trinajstić information content (AvgIpc) is 2.81. The van der Waals surface area contributed by atoms with Crippen molar-refractivity contribution in [3.05, 3.63) is 41.6 Å². The van der Waals surface area contributed by atoms with Crippen molar-refractivity contribution in [1.29, 1.82) is 0 Å². The molecule has 0 N–H and O–H groups in total. The number of hydrogen-bond donors (Lipinski definition) is 0. The highest BCUT2D eigenvalue weighted by Crippen LogP contribution is 2.24. The topological polar surface area (TPSA) is 44.1 Å². The Labute approximate surface area is 108 Å². The average molecular weight is 266 g/mol. The van der Waals surface area contributed by atoms with Gasteiger partial charge in [-0.05, 0) is 25.1 Å². The third-order valence-corrected chi connectivity index (χ3v) is 2.68. The molecule has 2 rings (SSSR count). The van der Waals surface area contributed by atoms with Crippen LogP contribution in [-0.2, 0) is 11.3 Å². The molecule has 4 nitrogen and oxygen atoms in total. The van der Waals surface area contributed by atoms with Crippen molar-refractivity contribution in [3.8, 4) is 11.3 Å². The van der Waals surface area contributed by atoms with Crippen LogP contribution in [0.2, 0.25) is 0 Å². The van der Waals surface area contributed by atoms with Gasteiger partial charge < -0.3 is 4.74 Å². The molecule has 0 fully saturated rings. The van der Waals surface area contributed by atoms with Crippen LogP contribution in [0.1, 0.15) is 17.4 Å². The number of carbonyl (C=O) groups excluding carboxylic acids is 1. The predicted molar refractivity (Wildman–Crippen MR) is 64.6 cm³/mol. The zero-order valence-corrected chi connectivity index (χ0v) is 10.5. The van der Waals surface area contributed by atoms with E-state index in [-0.39, 0.29) is 11.3 Å². The summed E-state index contributed by atoms with van der Waals surface area (Å²) in [5.41, 5.74) is 0.675. The number of carbonyl (C=O) groups is 1. The summed E-state index contributed by atoms with van der Waals surface area (Å²) >= 11 is 0. The van der Waals surface area contributed by atoms with Gasteiger partial charge in [0.15, 0.2) is 5.69 Å². The molecule has 0 spiro atoms. The molecule has 2 aromatic rings. The van der Waals surface area contributed by atoms with E-state index in [0.29, 0.717) is 12.2 Å². The Kier molecular flexibility index (Phi) is 3.59. The van der Waals surface area contributed by atoms with Gasteiger partial charge in [0.25, 0.3) is 0 Å². The van der Waals surface area contributed by atoms with Crippen molar-refractivity contribution in [2.75, 3.05) is 7.11 Å². The fourth-order valence-corrected chi connectivity index (χ4v) is 1.78. The molecule has 1 aromatic heterocycles. The molecule has 0 atom stereocenters. The van der Waals surface area contributed by atoms with Crippen LogP contribution in [0, 0.1) is 11.6 Å². The van der Waals surface area contributed by atoms with Crippen LogP contribution < -0.4 is 0 Å². The van der Waals surface area contributed by atoms with E-state index in [2.05, 4.69) is 9.84 Å². The number of ether oxygens (including phenoxy) is 1. The number of rotatable bonds is 3. The van der Waals surface area contributed by atoms with Crippen LogP contribution in [0.4, 0.5) is 8.78 Å². The van der Waals surface area contributed by atoms with E-state index in [9.17, 15) is 13.6 Å². The van der Waals surface area contributed by atoms with Crippen molar-refractivity contribution in [2.45, 2.75) is 13.5 Å². The van der Waals surface area contributed by atoms with Gasteiger partial charge in [0.1, 0.15) is 11.6 Å². The van der Waals surface area contributed by atoms with E-state index in [1.54, 1.807) is 6.92 Å². The number of aryl methyl sites for hydroxylation is 1. The molecule has 19 heavy (non-hydrogen) atoms. The molecule has 1 aromatic carbocycles. The van der Waals surface area contributed by atoms with Crippen LogP contribution in [0.25, 0.3) is 11.3 Å². The summed E-state index contributed by atoms with van der Waals surface area (Å²) in [6, 6.07) is 4.68. The molecule has 6 heteroatoms. The molecular formula is C13H12F2N2O2. The van der Waals surface area contributed by atoms with E-state index in [0.717, 1.165) is 12.1 Å². The molecule has 0 aliphatic heterocycles. The number of aromatic nitrogens is 2. The lowest BCUT2D eigenvalue weighted by Crippen LogP contribution is -2.05. The standard InChI is InChI=1S/C13H12F2N2O2/c1-3-17-12(7-11(16-17)13(18)19-2)9-5-4-8(14)6-10(9)15/h4-7H,3H2,1-2H3. The van der Waals surface area contributed by atoms with Gasteiger partial charge in [-0.25, -0.2) is 13.6 Å². The minimum absolute atomic E-state index is 0.0862. The summed E-state index contributed by atoms with van der Waals surface area (Å²) in [7, 11) is 1.24. The maximum absolute atomic E-state index is 13.7. The van der Waals surface area contributed by atoms with E-state index in [4.69, 9.17) is 0 Å². The highest BCUT2D eigenvalue weighted by atomic mass is 19.1. The molecular weight excluding hydrogens is 254 g/mol. The van der Waals surface area contributed by atoms with Gasteiger partial charge in [-0.15, -0.1) is 0 Å². The predicted octanol–water partition coefficient (Wildman–Crippen LogP) is 2.63. The molecule has 1 heterocycles. The smallest absolute Gasteiger partial charge is 0.358 e. The molecule has 100 valence electrons. The van der Waals surface area contributed by atoms with Crippen molar-refractivity contribution < 1.29 is 18.3 Å². The third-order valence-electron chi connectivity index (χ3n) is 2.68. The molecule has 0 unspecified atom stereocenters. The van der Waals surface area contributed by atoms with Crippen LogP contribution in [-0.4, -0.2) is 22.9 Å². The minimum Gasteiger partial charge on any atom is -0.464 e. The third kappa shape index (κ3) is 2.47. The van der Waals surface area contributed by atoms with Crippen LogP contribution in [0.3, 0.4) is 0 Å². The highest BCUT2D eigenvalue weighted by Gasteiger charge is 2.17. The maximum Gasteiger partial charge on any atom is 0.358 e. The van der Waals surface area contributed by atoms with Gasteiger partial charge in [0.2, 0.25) is 0 Å². The van der Waals surface area contributed by atoms with Crippen molar-refractivity contribution >= 4 is 5.97 Å². The number of nitrogens with zero attached hydrogens (tertiary/aromatic N) is 2. The maximum atomic E-state index is 13.7. The lowest BCUT2D eigenvalue weighted by atomic mass is 10.1. The van der Waals surface area contributed by atoms with Gasteiger partial charge in [-0.3, -0.25) is 4.68 Å². The van der Waals surface area contributed by atoms with E-state index in [1.165, 1.54) is 23.9 Å². The summed E-state index contributed by atoms with van der Waals surface area (Å²) in [5.74, 6) is -1.96. The first kappa shape index (κ1) is 13.2. The zero-order chi connectivity index (χ0) is 14.0. The molecule has 0 aliphatic carbocycles. The Hall–Kier alpha value is -2.24. The Balaban J connectivity index is 2.54. The normalized spacial score (nSPS) is 10.5. The summed E-state index contributed by atoms with van der Waals surface area (Å²) < 4.78 is 32.7. The van der Waals surface area contributed by atoms with Gasteiger partial charge >= 0.3 is 5.97 Å². The highest BCUT2D eigenvalue weighted by molar-refractivity contribution is 5.88. The van der Waals surface area contributed by atoms with E-state index in [1.807, 2.05) is 0 Å². The second-order valence-electron chi connectivity index (χ2n) is 3.85. The summed E-state index contributed by atoms with van der Waals surface area (Å²) in [4.78, 5) is 11.4. The van der Waals surface area contributed by atoms with E-state index < -0.39 is 17.6 Å². The number of benzene rings is 1. The Morgan fingerprint density at radius 3 is 2.68 bits per heavy atom. The second kappa shape index (κ2) is 5.17. The van der Waals surface area contributed by atoms with Gasteiger partial charge in [-0.2, -0.15) is 5.10 Å². The number of halogens is 2. The molecule has 0 saturated heterocycles. The van der Waals surface area contributed by atoms with Crippen molar-refractivity contribution in [1.82, 2.24) is 9.78 Å². The summed E-state index contributed by atoms with van der Waals surface area (Å²) in [5, 5.41) is 4.02. The molecule has 0 aliphatic rings. The molecule has 0 bridgehead atoms. The Bertz CT molecular complexity index is 623. The molecule has 0 saturated carbocycles. The van der Waals surface area contributed by atoms with Crippen LogP contribution in [0.5, 0.6) is 0 Å². The fourth-order valence-electron chi connectivity index (χ4n) is 1.78. The first-order valence-corrected chi connectivity index (χ1v) is 5.68. The van der Waals surface area contributed by atoms with E-state index >= 15 is 0 Å². The number of hydrogen-bond acceptors (Lipinski definition) is 3. The lowest BCUT2D eigenvalue weighted by Gasteiger charge is -2.05. The fraction of sp³-hybridized carbons (Fsp3) is 0.231. The monoisotopic (exact) mass is 266 g/mol. The SMILES string of the molecule is CCn1nc(C(=O)OC)cc1-c1ccc(F)cc1F. The largest absolute Gasteiger partial charge is 0.464 e. The van der Waals surface area contributed by atoms with Gasteiger partial charge in [0, 0.05) is 18.2 Å². The molecule has 0 amide bonds.